The van der Waals surface area contributed by atoms with Gasteiger partial charge < -0.3 is 31.3 Å². The van der Waals surface area contributed by atoms with Crippen LogP contribution >= 0.6 is 0 Å². The Morgan fingerprint density at radius 1 is 0.942 bits per heavy atom. The van der Waals surface area contributed by atoms with Crippen LogP contribution in [-0.2, 0) is 30.5 Å². The molecule has 1 fully saturated rings. The molecular formula is C39H60N6O7. The lowest BCUT2D eigenvalue weighted by atomic mass is 9.80. The van der Waals surface area contributed by atoms with E-state index in [1.165, 1.54) is 17.1 Å². The van der Waals surface area contributed by atoms with Crippen LogP contribution in [0.5, 0.6) is 0 Å². The normalized spacial score (nSPS) is 17.7. The van der Waals surface area contributed by atoms with Gasteiger partial charge in [-0.2, -0.15) is 0 Å². The molecule has 0 aliphatic carbocycles. The maximum atomic E-state index is 13.7. The molecule has 1 aromatic rings. The summed E-state index contributed by atoms with van der Waals surface area (Å²) in [5.74, 6) is -1.11. The molecule has 3 rings (SSSR count). The number of hydrogen-bond donors (Lipinski definition) is 4. The molecule has 52 heavy (non-hydrogen) atoms. The molecule has 2 aliphatic heterocycles. The van der Waals surface area contributed by atoms with Crippen molar-refractivity contribution in [2.75, 3.05) is 31.5 Å². The zero-order valence-electron chi connectivity index (χ0n) is 31.9. The van der Waals surface area contributed by atoms with Gasteiger partial charge >= 0.3 is 12.1 Å². The Morgan fingerprint density at radius 3 is 2.21 bits per heavy atom. The number of likely N-dealkylation sites (tertiary alicyclic amines) is 1. The van der Waals surface area contributed by atoms with E-state index in [1.54, 1.807) is 29.2 Å². The summed E-state index contributed by atoms with van der Waals surface area (Å²) >= 11 is 0. The van der Waals surface area contributed by atoms with Gasteiger partial charge in [0.25, 0.3) is 11.8 Å². The quantitative estimate of drug-likeness (QED) is 0.105. The zero-order valence-corrected chi connectivity index (χ0v) is 31.9. The Labute approximate surface area is 308 Å². The lowest BCUT2D eigenvalue weighted by Gasteiger charge is -2.27. The largest absolute Gasteiger partial charge is 0.445 e. The van der Waals surface area contributed by atoms with Gasteiger partial charge in [0.1, 0.15) is 6.61 Å². The number of anilines is 1. The first-order valence-corrected chi connectivity index (χ1v) is 18.7. The van der Waals surface area contributed by atoms with Gasteiger partial charge in [0.15, 0.2) is 5.78 Å². The van der Waals surface area contributed by atoms with Crippen molar-refractivity contribution >= 4 is 41.3 Å². The van der Waals surface area contributed by atoms with Crippen LogP contribution in [0.25, 0.3) is 0 Å². The number of nitrogens with zero attached hydrogens (tertiary/aromatic N) is 2. The van der Waals surface area contributed by atoms with Gasteiger partial charge in [0, 0.05) is 62.4 Å². The Kier molecular flexibility index (Phi) is 16.3. The molecule has 288 valence electrons. The minimum absolute atomic E-state index is 0.0121. The molecule has 4 atom stereocenters. The Hall–Kier alpha value is -4.26. The molecule has 1 aromatic carbocycles. The van der Waals surface area contributed by atoms with E-state index in [0.29, 0.717) is 50.5 Å². The van der Waals surface area contributed by atoms with E-state index in [4.69, 9.17) is 10.5 Å². The Bertz CT molecular complexity index is 1400. The first-order valence-electron chi connectivity index (χ1n) is 18.7. The van der Waals surface area contributed by atoms with Crippen molar-refractivity contribution in [2.45, 2.75) is 112 Å². The first kappa shape index (κ1) is 42.2. The van der Waals surface area contributed by atoms with Crippen molar-refractivity contribution in [1.29, 1.82) is 0 Å². The number of hydrogen-bond acceptors (Lipinski definition) is 8. The second-order valence-electron chi connectivity index (χ2n) is 15.6. The van der Waals surface area contributed by atoms with Crippen LogP contribution in [0, 0.1) is 23.2 Å². The molecule has 5 N–H and O–H groups in total. The summed E-state index contributed by atoms with van der Waals surface area (Å²) in [6.45, 7) is 14.7. The molecular weight excluding hydrogens is 664 g/mol. The number of imide groups is 1. The van der Waals surface area contributed by atoms with Crippen molar-refractivity contribution in [3.05, 3.63) is 42.0 Å². The molecule has 0 bridgehead atoms. The maximum Gasteiger partial charge on any atom is 0.410 e. The van der Waals surface area contributed by atoms with Crippen LogP contribution in [0.15, 0.2) is 36.4 Å². The number of unbranched alkanes of at least 4 members (excludes halogenated alkanes) is 2. The van der Waals surface area contributed by atoms with Crippen molar-refractivity contribution in [3.63, 3.8) is 0 Å². The molecule has 0 radical (unpaired) electrons. The lowest BCUT2D eigenvalue weighted by Crippen LogP contribution is -2.46. The van der Waals surface area contributed by atoms with Gasteiger partial charge in [0.05, 0.1) is 6.04 Å². The minimum atomic E-state index is -0.648. The highest BCUT2D eigenvalue weighted by molar-refractivity contribution is 6.12. The predicted molar refractivity (Wildman–Crippen MR) is 200 cm³/mol. The van der Waals surface area contributed by atoms with Crippen LogP contribution < -0.4 is 21.7 Å². The second-order valence-corrected chi connectivity index (χ2v) is 15.6. The summed E-state index contributed by atoms with van der Waals surface area (Å²) in [5.41, 5.74) is 6.69. The molecule has 6 amide bonds. The predicted octanol–water partition coefficient (Wildman–Crippen LogP) is 5.14. The number of primary amides is 1. The lowest BCUT2D eigenvalue weighted by molar-refractivity contribution is -0.136. The van der Waals surface area contributed by atoms with Crippen molar-refractivity contribution in [3.8, 4) is 0 Å². The van der Waals surface area contributed by atoms with E-state index in [1.807, 2.05) is 20.8 Å². The van der Waals surface area contributed by atoms with Gasteiger partial charge in [-0.25, -0.2) is 9.59 Å². The van der Waals surface area contributed by atoms with Gasteiger partial charge in [-0.05, 0) is 74.0 Å². The number of carbonyl (C=O) groups excluding carboxylic acids is 6. The van der Waals surface area contributed by atoms with Crippen LogP contribution in [0.4, 0.5) is 15.3 Å². The molecule has 0 saturated carbocycles. The van der Waals surface area contributed by atoms with E-state index < -0.39 is 18.0 Å². The average Bonchev–Trinajstić information content (AvgIpc) is 3.71. The fourth-order valence-corrected chi connectivity index (χ4v) is 6.65. The summed E-state index contributed by atoms with van der Waals surface area (Å²) < 4.78 is 5.57. The van der Waals surface area contributed by atoms with E-state index in [0.717, 1.165) is 31.2 Å². The molecule has 0 aromatic heterocycles. The Morgan fingerprint density at radius 2 is 1.62 bits per heavy atom. The van der Waals surface area contributed by atoms with Crippen LogP contribution in [0.3, 0.4) is 0 Å². The van der Waals surface area contributed by atoms with Gasteiger partial charge in [-0.1, -0.05) is 59.6 Å². The number of nitrogens with one attached hydrogen (secondary N) is 3. The molecule has 2 unspecified atom stereocenters. The monoisotopic (exact) mass is 724 g/mol. The fraction of sp³-hybridized carbons (Fsp3) is 0.641. The maximum absolute atomic E-state index is 13.7. The zero-order chi connectivity index (χ0) is 38.4. The third-order valence-electron chi connectivity index (χ3n) is 10.00. The Balaban J connectivity index is 1.51. The van der Waals surface area contributed by atoms with Gasteiger partial charge in [0.2, 0.25) is 5.91 Å². The number of rotatable bonds is 20. The third kappa shape index (κ3) is 13.7. The summed E-state index contributed by atoms with van der Waals surface area (Å²) in [4.78, 5) is 77.6. The summed E-state index contributed by atoms with van der Waals surface area (Å²) in [6, 6.07) is 6.02. The number of carbonyl (C=O) groups is 6. The topological polar surface area (TPSA) is 180 Å². The SMILES string of the molecule is CC(CCCCCN1C(=O)C=CC1=O)N[C@H](C(=O)C[C@@H](CCCNC(N)=O)C(=O)Nc1ccc(COC(=O)N2CCC(C(C)(C)C)C2)cc1)C(C)C. The number of ketones is 1. The van der Waals surface area contributed by atoms with E-state index in [2.05, 4.69) is 36.7 Å². The molecule has 1 saturated heterocycles. The number of benzene rings is 1. The highest BCUT2D eigenvalue weighted by atomic mass is 16.6. The van der Waals surface area contributed by atoms with Crippen LogP contribution in [0.1, 0.15) is 98.5 Å². The number of amides is 6. The fourth-order valence-electron chi connectivity index (χ4n) is 6.65. The highest BCUT2D eigenvalue weighted by Crippen LogP contribution is 2.33. The molecule has 2 aliphatic rings. The molecule has 13 nitrogen and oxygen atoms in total. The van der Waals surface area contributed by atoms with Crippen LogP contribution in [0.2, 0.25) is 0 Å². The van der Waals surface area contributed by atoms with E-state index >= 15 is 0 Å². The average molecular weight is 725 g/mol. The molecule has 13 heteroatoms. The molecule has 2 heterocycles. The van der Waals surface area contributed by atoms with Crippen LogP contribution in [-0.4, -0.2) is 83.7 Å². The van der Waals surface area contributed by atoms with Crippen molar-refractivity contribution in [2.24, 2.45) is 28.9 Å². The third-order valence-corrected chi connectivity index (χ3v) is 10.00. The van der Waals surface area contributed by atoms with Crippen molar-refractivity contribution < 1.29 is 33.5 Å². The molecule has 0 spiro atoms. The number of nitrogens with two attached hydrogens (primary N) is 1. The van der Waals surface area contributed by atoms with Crippen molar-refractivity contribution in [1.82, 2.24) is 20.4 Å². The summed E-state index contributed by atoms with van der Waals surface area (Å²) in [7, 11) is 0. The van der Waals surface area contributed by atoms with E-state index in [-0.39, 0.29) is 66.5 Å². The minimum Gasteiger partial charge on any atom is -0.445 e. The van der Waals surface area contributed by atoms with Gasteiger partial charge in [-0.15, -0.1) is 0 Å². The number of Topliss-reactive ketones (excluding diaryl/α,β-unsaturated/α-hetero) is 1. The first-order chi connectivity index (χ1) is 24.5. The summed E-state index contributed by atoms with van der Waals surface area (Å²) in [5, 5.41) is 8.95. The van der Waals surface area contributed by atoms with E-state index in [9.17, 15) is 28.8 Å². The van der Waals surface area contributed by atoms with Gasteiger partial charge in [-0.3, -0.25) is 24.1 Å². The number of ether oxygens (including phenoxy) is 1. The highest BCUT2D eigenvalue weighted by Gasteiger charge is 2.34. The summed E-state index contributed by atoms with van der Waals surface area (Å²) in [6.07, 6.45) is 7.32. The second kappa shape index (κ2) is 20.1. The number of urea groups is 1. The standard InChI is InChI=1S/C39H60N6O7/c1-26(2)35(42-27(3)11-8-7-9-21-45-33(47)17-18-34(45)48)32(46)23-29(12-10-20-41-37(40)50)36(49)43-31-15-13-28(14-16-31)25-52-38(51)44-22-19-30(24-44)39(4,5)6/h13-18,26-27,29-30,35,42H,7-12,19-25H2,1-6H3,(H,43,49)(H3,40,41,50)/t27?,29-,30?,35+/m1/s1. The smallest absolute Gasteiger partial charge is 0.410 e.